The van der Waals surface area contributed by atoms with Crippen LogP contribution in [0.1, 0.15) is 28.4 Å². The Balaban J connectivity index is 1.47. The second-order valence-electron chi connectivity index (χ2n) is 8.81. The fourth-order valence-electron chi connectivity index (χ4n) is 4.57. The molecule has 0 spiro atoms. The monoisotopic (exact) mass is 527 g/mol. The molecule has 0 N–H and O–H groups in total. The zero-order valence-electron chi connectivity index (χ0n) is 20.9. The van der Waals surface area contributed by atoms with Crippen LogP contribution in [0.15, 0.2) is 105 Å². The van der Waals surface area contributed by atoms with E-state index in [4.69, 9.17) is 9.15 Å². The van der Waals surface area contributed by atoms with Crippen LogP contribution in [0.2, 0.25) is 0 Å². The molecule has 0 atom stereocenters. The van der Waals surface area contributed by atoms with Gasteiger partial charge in [-0.3, -0.25) is 4.31 Å². The second kappa shape index (κ2) is 10.1. The lowest BCUT2D eigenvalue weighted by Crippen LogP contribution is -2.31. The number of hydrogen-bond acceptors (Lipinski definition) is 6. The summed E-state index contributed by atoms with van der Waals surface area (Å²) >= 11 is 0. The van der Waals surface area contributed by atoms with E-state index in [1.807, 2.05) is 36.4 Å². The molecule has 5 aromatic rings. The van der Waals surface area contributed by atoms with Gasteiger partial charge in [0.05, 0.1) is 16.1 Å². The number of carbonyl (C=O) groups is 1. The number of hydrogen-bond donors (Lipinski definition) is 0. The maximum Gasteiger partial charge on any atom is 0.338 e. The number of esters is 1. The van der Waals surface area contributed by atoms with E-state index in [2.05, 4.69) is 0 Å². The minimum absolute atomic E-state index is 0.0226. The lowest BCUT2D eigenvalue weighted by Gasteiger charge is -2.24. The summed E-state index contributed by atoms with van der Waals surface area (Å²) in [6.07, 6.45) is 0. The Labute approximate surface area is 219 Å². The predicted molar refractivity (Wildman–Crippen MR) is 147 cm³/mol. The van der Waals surface area contributed by atoms with Crippen LogP contribution in [0.25, 0.3) is 21.7 Å². The molecule has 0 bridgehead atoms. The number of para-hydroxylation sites is 1. The van der Waals surface area contributed by atoms with Crippen LogP contribution in [0, 0.1) is 6.92 Å². The largest absolute Gasteiger partial charge is 0.457 e. The smallest absolute Gasteiger partial charge is 0.338 e. The highest BCUT2D eigenvalue weighted by molar-refractivity contribution is 7.92. The van der Waals surface area contributed by atoms with E-state index in [1.165, 1.54) is 22.5 Å². The lowest BCUT2D eigenvalue weighted by atomic mass is 10.0. The number of ether oxygens (including phenoxy) is 1. The fourth-order valence-corrected chi connectivity index (χ4v) is 6.30. The van der Waals surface area contributed by atoms with Gasteiger partial charge in [-0.25, -0.2) is 18.0 Å². The number of anilines is 1. The molecular weight excluding hydrogens is 502 g/mol. The number of rotatable bonds is 7. The number of benzene rings is 4. The summed E-state index contributed by atoms with van der Waals surface area (Å²) in [5.74, 6) is -0.703. The van der Waals surface area contributed by atoms with E-state index >= 15 is 0 Å². The van der Waals surface area contributed by atoms with E-state index in [0.29, 0.717) is 27.8 Å². The maximum absolute atomic E-state index is 13.6. The molecule has 5 rings (SSSR count). The Bertz CT molecular complexity index is 1830. The lowest BCUT2D eigenvalue weighted by molar-refractivity contribution is 0.0473. The van der Waals surface area contributed by atoms with Crippen molar-refractivity contribution in [3.05, 3.63) is 118 Å². The van der Waals surface area contributed by atoms with Crippen molar-refractivity contribution in [1.82, 2.24) is 0 Å². The zero-order valence-corrected chi connectivity index (χ0v) is 21.7. The van der Waals surface area contributed by atoms with Crippen molar-refractivity contribution in [2.24, 2.45) is 0 Å². The van der Waals surface area contributed by atoms with Gasteiger partial charge in [0.1, 0.15) is 12.2 Å². The maximum atomic E-state index is 13.6. The van der Waals surface area contributed by atoms with Crippen LogP contribution in [-0.2, 0) is 21.4 Å². The van der Waals surface area contributed by atoms with Gasteiger partial charge in [-0.15, -0.1) is 0 Å². The number of nitrogens with zero attached hydrogens (tertiary/aromatic N) is 1. The molecule has 0 fully saturated rings. The Morgan fingerprint density at radius 3 is 2.42 bits per heavy atom. The van der Waals surface area contributed by atoms with Crippen molar-refractivity contribution < 1.29 is 22.4 Å². The van der Waals surface area contributed by atoms with E-state index in [1.54, 1.807) is 50.2 Å². The molecule has 0 saturated heterocycles. The first kappa shape index (κ1) is 25.2. The standard InChI is InChI=1S/C30H25NO6S/c1-3-31(24-10-5-4-6-11-24)38(34,35)27-17-22(14-13-20(27)2)30(33)36-19-23-18-28(32)37-26-16-15-21-9-7-8-12-25(21)29(23)26/h4-18H,3,19H2,1-2H3. The first-order valence-electron chi connectivity index (χ1n) is 12.1. The third-order valence-corrected chi connectivity index (χ3v) is 8.44. The van der Waals surface area contributed by atoms with Crippen LogP contribution in [0.3, 0.4) is 0 Å². The zero-order chi connectivity index (χ0) is 26.9. The first-order valence-corrected chi connectivity index (χ1v) is 13.5. The number of fused-ring (bicyclic) bond motifs is 3. The van der Waals surface area contributed by atoms with Gasteiger partial charge in [0.25, 0.3) is 10.0 Å². The third-order valence-electron chi connectivity index (χ3n) is 6.40. The number of sulfonamides is 1. The highest BCUT2D eigenvalue weighted by atomic mass is 32.2. The fraction of sp³-hybridized carbons (Fsp3) is 0.133. The van der Waals surface area contributed by atoms with Crippen LogP contribution in [0.5, 0.6) is 0 Å². The van der Waals surface area contributed by atoms with Crippen LogP contribution < -0.4 is 9.93 Å². The molecule has 4 aromatic carbocycles. The average Bonchev–Trinajstić information content (AvgIpc) is 2.92. The van der Waals surface area contributed by atoms with E-state index in [9.17, 15) is 18.0 Å². The highest BCUT2D eigenvalue weighted by Gasteiger charge is 2.26. The van der Waals surface area contributed by atoms with Gasteiger partial charge >= 0.3 is 11.6 Å². The van der Waals surface area contributed by atoms with Crippen molar-refractivity contribution in [3.8, 4) is 0 Å². The molecule has 7 nitrogen and oxygen atoms in total. The van der Waals surface area contributed by atoms with E-state index in [-0.39, 0.29) is 23.6 Å². The quantitative estimate of drug-likeness (QED) is 0.150. The molecule has 0 aliphatic carbocycles. The second-order valence-corrected chi connectivity index (χ2v) is 10.6. The Hall–Kier alpha value is -4.43. The van der Waals surface area contributed by atoms with Crippen molar-refractivity contribution in [1.29, 1.82) is 0 Å². The minimum atomic E-state index is -3.94. The summed E-state index contributed by atoms with van der Waals surface area (Å²) in [5.41, 5.74) is 1.48. The first-order chi connectivity index (χ1) is 18.3. The summed E-state index contributed by atoms with van der Waals surface area (Å²) in [6, 6.07) is 25.8. The average molecular weight is 528 g/mol. The summed E-state index contributed by atoms with van der Waals surface area (Å²) in [5, 5.41) is 2.50. The van der Waals surface area contributed by atoms with Crippen molar-refractivity contribution in [2.45, 2.75) is 25.3 Å². The predicted octanol–water partition coefficient (Wildman–Crippen LogP) is 5.83. The Morgan fingerprint density at radius 1 is 0.921 bits per heavy atom. The Morgan fingerprint density at radius 2 is 1.66 bits per heavy atom. The molecule has 0 aliphatic heterocycles. The molecule has 1 aromatic heterocycles. The molecule has 0 amide bonds. The van der Waals surface area contributed by atoms with Crippen LogP contribution in [0.4, 0.5) is 5.69 Å². The van der Waals surface area contributed by atoms with Gasteiger partial charge in [0.15, 0.2) is 0 Å². The summed E-state index contributed by atoms with van der Waals surface area (Å²) in [6.45, 7) is 3.47. The Kier molecular flexibility index (Phi) is 6.73. The normalized spacial score (nSPS) is 11.5. The van der Waals surface area contributed by atoms with Crippen LogP contribution in [-0.4, -0.2) is 20.9 Å². The third kappa shape index (κ3) is 4.66. The molecule has 1 heterocycles. The molecular formula is C30H25NO6S. The molecule has 38 heavy (non-hydrogen) atoms. The summed E-state index contributed by atoms with van der Waals surface area (Å²) in [4.78, 5) is 25.3. The van der Waals surface area contributed by atoms with Gasteiger partial charge in [0, 0.05) is 23.6 Å². The highest BCUT2D eigenvalue weighted by Crippen LogP contribution is 2.29. The van der Waals surface area contributed by atoms with Gasteiger partial charge in [-0.2, -0.15) is 0 Å². The van der Waals surface area contributed by atoms with E-state index < -0.39 is 21.6 Å². The van der Waals surface area contributed by atoms with Gasteiger partial charge in [-0.05, 0) is 60.5 Å². The van der Waals surface area contributed by atoms with Crippen molar-refractivity contribution in [2.75, 3.05) is 10.8 Å². The molecule has 8 heteroatoms. The number of aryl methyl sites for hydroxylation is 1. The summed E-state index contributed by atoms with van der Waals surface area (Å²) in [7, 11) is -3.94. The topological polar surface area (TPSA) is 93.9 Å². The molecule has 0 saturated carbocycles. The molecule has 0 radical (unpaired) electrons. The molecule has 0 aliphatic rings. The van der Waals surface area contributed by atoms with Crippen molar-refractivity contribution in [3.63, 3.8) is 0 Å². The number of carbonyl (C=O) groups excluding carboxylic acids is 1. The van der Waals surface area contributed by atoms with Crippen LogP contribution >= 0.6 is 0 Å². The van der Waals surface area contributed by atoms with Crippen molar-refractivity contribution >= 4 is 43.4 Å². The molecule has 0 unspecified atom stereocenters. The van der Waals surface area contributed by atoms with Gasteiger partial charge in [0.2, 0.25) is 0 Å². The minimum Gasteiger partial charge on any atom is -0.457 e. The van der Waals surface area contributed by atoms with Gasteiger partial charge < -0.3 is 9.15 Å². The molecule has 192 valence electrons. The van der Waals surface area contributed by atoms with E-state index in [0.717, 1.165) is 10.8 Å². The SMILES string of the molecule is CCN(c1ccccc1)S(=O)(=O)c1cc(C(=O)OCc2cc(=O)oc3ccc4ccccc4c23)ccc1C. The van der Waals surface area contributed by atoms with Gasteiger partial charge in [-0.1, -0.05) is 54.6 Å². The summed E-state index contributed by atoms with van der Waals surface area (Å²) < 4.78 is 39.4.